The monoisotopic (exact) mass is 228 g/mol. The fourth-order valence-electron chi connectivity index (χ4n) is 1.98. The summed E-state index contributed by atoms with van der Waals surface area (Å²) in [4.78, 5) is 11.4. The van der Waals surface area contributed by atoms with E-state index in [1.54, 1.807) is 0 Å². The van der Waals surface area contributed by atoms with Gasteiger partial charge in [-0.05, 0) is 26.2 Å². The second kappa shape index (κ2) is 6.24. The predicted molar refractivity (Wildman–Crippen MR) is 63.0 cm³/mol. The molecule has 94 valence electrons. The first-order valence-electron chi connectivity index (χ1n) is 6.38. The van der Waals surface area contributed by atoms with Crippen LogP contribution < -0.4 is 0 Å². The Kier molecular flexibility index (Phi) is 5.26. The topological polar surface area (TPSA) is 35.5 Å². The van der Waals surface area contributed by atoms with E-state index >= 15 is 0 Å². The highest BCUT2D eigenvalue weighted by Gasteiger charge is 2.28. The van der Waals surface area contributed by atoms with Crippen molar-refractivity contribution in [2.24, 2.45) is 5.92 Å². The van der Waals surface area contributed by atoms with Crippen molar-refractivity contribution in [2.75, 3.05) is 6.79 Å². The third kappa shape index (κ3) is 4.12. The van der Waals surface area contributed by atoms with E-state index in [0.717, 1.165) is 19.3 Å². The van der Waals surface area contributed by atoms with Crippen LogP contribution in [-0.2, 0) is 14.3 Å². The van der Waals surface area contributed by atoms with Gasteiger partial charge in [0.05, 0.1) is 11.5 Å². The van der Waals surface area contributed by atoms with Crippen molar-refractivity contribution >= 4 is 5.97 Å². The molecule has 0 aromatic carbocycles. The Hall–Kier alpha value is -0.570. The number of esters is 1. The van der Waals surface area contributed by atoms with Gasteiger partial charge in [-0.3, -0.25) is 4.79 Å². The summed E-state index contributed by atoms with van der Waals surface area (Å²) in [6.07, 6.45) is 6.70. The molecular weight excluding hydrogens is 204 g/mol. The molecule has 0 heterocycles. The fourth-order valence-corrected chi connectivity index (χ4v) is 1.98. The van der Waals surface area contributed by atoms with E-state index in [2.05, 4.69) is 6.92 Å². The third-order valence-electron chi connectivity index (χ3n) is 3.53. The SMILES string of the molecule is CCC(C)C(=O)OCOC1(C)CCCCC1. The minimum Gasteiger partial charge on any atom is -0.438 e. The maximum atomic E-state index is 11.4. The van der Waals surface area contributed by atoms with E-state index in [1.165, 1.54) is 19.3 Å². The Morgan fingerprint density at radius 1 is 1.31 bits per heavy atom. The van der Waals surface area contributed by atoms with Gasteiger partial charge < -0.3 is 9.47 Å². The third-order valence-corrected chi connectivity index (χ3v) is 3.53. The molecule has 3 nitrogen and oxygen atoms in total. The van der Waals surface area contributed by atoms with Gasteiger partial charge in [-0.1, -0.05) is 33.1 Å². The number of rotatable bonds is 5. The molecule has 16 heavy (non-hydrogen) atoms. The Bertz CT molecular complexity index is 219. The molecule has 0 amide bonds. The normalized spacial score (nSPS) is 21.4. The van der Waals surface area contributed by atoms with Crippen LogP contribution >= 0.6 is 0 Å². The highest BCUT2D eigenvalue weighted by atomic mass is 16.7. The summed E-state index contributed by atoms with van der Waals surface area (Å²) in [6.45, 7) is 6.09. The van der Waals surface area contributed by atoms with Crippen LogP contribution in [0.2, 0.25) is 0 Å². The Morgan fingerprint density at radius 2 is 1.94 bits per heavy atom. The van der Waals surface area contributed by atoms with Crippen molar-refractivity contribution in [3.05, 3.63) is 0 Å². The van der Waals surface area contributed by atoms with E-state index in [1.807, 2.05) is 13.8 Å². The molecule has 0 N–H and O–H groups in total. The van der Waals surface area contributed by atoms with Gasteiger partial charge in [-0.15, -0.1) is 0 Å². The fraction of sp³-hybridized carbons (Fsp3) is 0.923. The first kappa shape index (κ1) is 13.5. The van der Waals surface area contributed by atoms with Crippen LogP contribution in [0.1, 0.15) is 59.3 Å². The van der Waals surface area contributed by atoms with Gasteiger partial charge in [-0.2, -0.15) is 0 Å². The van der Waals surface area contributed by atoms with Crippen molar-refractivity contribution in [3.8, 4) is 0 Å². The minimum atomic E-state index is -0.151. The lowest BCUT2D eigenvalue weighted by Gasteiger charge is -2.33. The lowest BCUT2D eigenvalue weighted by Crippen LogP contribution is -2.33. The minimum absolute atomic E-state index is 0.0252. The van der Waals surface area contributed by atoms with E-state index in [9.17, 15) is 4.79 Å². The van der Waals surface area contributed by atoms with E-state index < -0.39 is 0 Å². The molecule has 1 aliphatic carbocycles. The van der Waals surface area contributed by atoms with Crippen LogP contribution in [-0.4, -0.2) is 18.4 Å². The van der Waals surface area contributed by atoms with Gasteiger partial charge in [0.15, 0.2) is 6.79 Å². The van der Waals surface area contributed by atoms with Crippen LogP contribution in [0.5, 0.6) is 0 Å². The molecule has 0 saturated heterocycles. The van der Waals surface area contributed by atoms with Gasteiger partial charge in [0.1, 0.15) is 0 Å². The van der Waals surface area contributed by atoms with Gasteiger partial charge >= 0.3 is 5.97 Å². The molecular formula is C13H24O3. The van der Waals surface area contributed by atoms with E-state index in [4.69, 9.17) is 9.47 Å². The lowest BCUT2D eigenvalue weighted by molar-refractivity contribution is -0.178. The van der Waals surface area contributed by atoms with Crippen LogP contribution in [0.15, 0.2) is 0 Å². The van der Waals surface area contributed by atoms with Gasteiger partial charge in [0.25, 0.3) is 0 Å². The highest BCUT2D eigenvalue weighted by Crippen LogP contribution is 2.30. The standard InChI is InChI=1S/C13H24O3/c1-4-11(2)12(14)15-10-16-13(3)8-6-5-7-9-13/h11H,4-10H2,1-3H3. The number of hydrogen-bond donors (Lipinski definition) is 0. The maximum absolute atomic E-state index is 11.4. The Labute approximate surface area is 98.5 Å². The molecule has 0 spiro atoms. The average molecular weight is 228 g/mol. The number of ether oxygens (including phenoxy) is 2. The molecule has 0 bridgehead atoms. The quantitative estimate of drug-likeness (QED) is 0.535. The Morgan fingerprint density at radius 3 is 2.50 bits per heavy atom. The molecule has 0 aliphatic heterocycles. The van der Waals surface area contributed by atoms with Crippen LogP contribution in [0.25, 0.3) is 0 Å². The summed E-state index contributed by atoms with van der Waals surface area (Å²) in [5, 5.41) is 0. The summed E-state index contributed by atoms with van der Waals surface area (Å²) >= 11 is 0. The maximum Gasteiger partial charge on any atom is 0.310 e. The van der Waals surface area contributed by atoms with Crippen molar-refractivity contribution in [3.63, 3.8) is 0 Å². The number of carbonyl (C=O) groups is 1. The Balaban J connectivity index is 2.21. The van der Waals surface area contributed by atoms with Crippen molar-refractivity contribution in [1.82, 2.24) is 0 Å². The average Bonchev–Trinajstić information content (AvgIpc) is 2.28. The van der Waals surface area contributed by atoms with E-state index in [-0.39, 0.29) is 24.3 Å². The summed E-state index contributed by atoms with van der Waals surface area (Å²) < 4.78 is 10.8. The molecule has 0 aromatic heterocycles. The lowest BCUT2D eigenvalue weighted by atomic mass is 9.86. The highest BCUT2D eigenvalue weighted by molar-refractivity contribution is 5.71. The van der Waals surface area contributed by atoms with Crippen LogP contribution in [0.3, 0.4) is 0 Å². The largest absolute Gasteiger partial charge is 0.438 e. The molecule has 1 fully saturated rings. The van der Waals surface area contributed by atoms with Crippen molar-refractivity contribution in [2.45, 2.75) is 64.9 Å². The van der Waals surface area contributed by atoms with Crippen LogP contribution in [0.4, 0.5) is 0 Å². The molecule has 1 saturated carbocycles. The second-order valence-corrected chi connectivity index (χ2v) is 5.05. The zero-order chi connectivity index (χ0) is 12.0. The molecule has 0 radical (unpaired) electrons. The molecule has 1 unspecified atom stereocenters. The van der Waals surface area contributed by atoms with Gasteiger partial charge in [0.2, 0.25) is 0 Å². The van der Waals surface area contributed by atoms with Crippen molar-refractivity contribution in [1.29, 1.82) is 0 Å². The summed E-state index contributed by atoms with van der Waals surface area (Å²) in [5.74, 6) is -0.176. The molecule has 0 aromatic rings. The smallest absolute Gasteiger partial charge is 0.310 e. The van der Waals surface area contributed by atoms with Crippen LogP contribution in [0, 0.1) is 5.92 Å². The predicted octanol–water partition coefficient (Wildman–Crippen LogP) is 3.27. The molecule has 1 rings (SSSR count). The first-order valence-corrected chi connectivity index (χ1v) is 6.38. The summed E-state index contributed by atoms with van der Waals surface area (Å²) in [6, 6.07) is 0. The number of hydrogen-bond acceptors (Lipinski definition) is 3. The first-order chi connectivity index (χ1) is 7.57. The summed E-state index contributed by atoms with van der Waals surface area (Å²) in [7, 11) is 0. The van der Waals surface area contributed by atoms with Gasteiger partial charge in [0, 0.05) is 0 Å². The molecule has 3 heteroatoms. The van der Waals surface area contributed by atoms with E-state index in [0.29, 0.717) is 0 Å². The zero-order valence-corrected chi connectivity index (χ0v) is 10.8. The van der Waals surface area contributed by atoms with Crippen molar-refractivity contribution < 1.29 is 14.3 Å². The molecule has 1 aliphatic rings. The molecule has 1 atom stereocenters. The van der Waals surface area contributed by atoms with Gasteiger partial charge in [-0.25, -0.2) is 0 Å². The zero-order valence-electron chi connectivity index (χ0n) is 10.8. The summed E-state index contributed by atoms with van der Waals surface area (Å²) in [5.41, 5.74) is -0.0754. The number of carbonyl (C=O) groups excluding carboxylic acids is 1. The second-order valence-electron chi connectivity index (χ2n) is 5.05.